The lowest BCUT2D eigenvalue weighted by atomic mass is 9.42. The summed E-state index contributed by atoms with van der Waals surface area (Å²) in [5.74, 6) is -0.468. The lowest BCUT2D eigenvalue weighted by Gasteiger charge is -2.64. The number of fused-ring (bicyclic) bond motifs is 5. The fourth-order valence-corrected chi connectivity index (χ4v) is 7.82. The van der Waals surface area contributed by atoms with Crippen LogP contribution in [0.2, 0.25) is 0 Å². The lowest BCUT2D eigenvalue weighted by molar-refractivity contribution is -0.134. The number of carbonyl (C=O) groups is 2. The van der Waals surface area contributed by atoms with Crippen LogP contribution in [0.25, 0.3) is 0 Å². The van der Waals surface area contributed by atoms with Gasteiger partial charge in [0.2, 0.25) is 0 Å². The summed E-state index contributed by atoms with van der Waals surface area (Å²) in [5, 5.41) is 13.0. The third-order valence-electron chi connectivity index (χ3n) is 8.63. The molecule has 3 N–H and O–H groups in total. The minimum atomic E-state index is -0.647. The Labute approximate surface area is 165 Å². The van der Waals surface area contributed by atoms with Crippen LogP contribution in [-0.4, -0.2) is 34.9 Å². The summed E-state index contributed by atoms with van der Waals surface area (Å²) < 4.78 is 0. The average molecular weight is 386 g/mol. The molecule has 28 heavy (non-hydrogen) atoms. The van der Waals surface area contributed by atoms with Gasteiger partial charge in [-0.3, -0.25) is 9.59 Å². The smallest absolute Gasteiger partial charge is 0.178 e. The van der Waals surface area contributed by atoms with E-state index in [-0.39, 0.29) is 35.2 Å². The van der Waals surface area contributed by atoms with Crippen molar-refractivity contribution in [3.8, 4) is 0 Å². The second kappa shape index (κ2) is 6.17. The first-order chi connectivity index (χ1) is 13.1. The molecule has 6 heteroatoms. The monoisotopic (exact) mass is 386 g/mol. The fraction of sp³-hybridized carbons (Fsp3) is 0.727. The third kappa shape index (κ3) is 2.34. The van der Waals surface area contributed by atoms with Gasteiger partial charge in [0.1, 0.15) is 6.61 Å². The minimum Gasteiger partial charge on any atom is -0.389 e. The predicted molar refractivity (Wildman–Crippen MR) is 105 cm³/mol. The van der Waals surface area contributed by atoms with Crippen molar-refractivity contribution in [3.05, 3.63) is 28.7 Å². The van der Waals surface area contributed by atoms with E-state index in [2.05, 4.69) is 25.9 Å². The number of Topliss-reactive ketones (excluding diaryl/α,β-unsaturated/α-hetero) is 1. The van der Waals surface area contributed by atoms with E-state index in [1.807, 2.05) is 6.08 Å². The molecule has 3 fully saturated rings. The maximum Gasteiger partial charge on any atom is 0.178 e. The second-order valence-corrected chi connectivity index (χ2v) is 10.0. The van der Waals surface area contributed by atoms with Crippen molar-refractivity contribution in [3.63, 3.8) is 0 Å². The van der Waals surface area contributed by atoms with Crippen LogP contribution in [0, 0.1) is 39.4 Å². The molecule has 0 saturated heterocycles. The Kier molecular flexibility index (Phi) is 4.33. The number of rotatable bonds is 3. The molecule has 0 amide bonds. The van der Waals surface area contributed by atoms with Gasteiger partial charge in [-0.25, -0.2) is 0 Å². The van der Waals surface area contributed by atoms with Crippen molar-refractivity contribution in [2.75, 3.05) is 6.61 Å². The van der Waals surface area contributed by atoms with Crippen LogP contribution >= 0.6 is 0 Å². The molecule has 0 aromatic heterocycles. The van der Waals surface area contributed by atoms with E-state index in [1.165, 1.54) is 0 Å². The first-order valence-electron chi connectivity index (χ1n) is 10.3. The molecular formula is C22H30N2O4. The molecule has 0 radical (unpaired) electrons. The molecule has 5 unspecified atom stereocenters. The van der Waals surface area contributed by atoms with Crippen LogP contribution in [0.3, 0.4) is 0 Å². The summed E-state index contributed by atoms with van der Waals surface area (Å²) in [4.78, 5) is 36.6. The van der Waals surface area contributed by atoms with Crippen molar-refractivity contribution in [1.29, 1.82) is 0 Å². The maximum atomic E-state index is 12.5. The van der Waals surface area contributed by atoms with E-state index < -0.39 is 29.0 Å². The number of ketones is 2. The zero-order chi connectivity index (χ0) is 20.5. The van der Waals surface area contributed by atoms with Gasteiger partial charge in [0, 0.05) is 22.8 Å². The van der Waals surface area contributed by atoms with E-state index >= 15 is 0 Å². The largest absolute Gasteiger partial charge is 0.389 e. The van der Waals surface area contributed by atoms with E-state index in [4.69, 9.17) is 5.73 Å². The molecule has 4 aliphatic rings. The highest BCUT2D eigenvalue weighted by Gasteiger charge is 2.69. The molecule has 0 aromatic rings. The maximum absolute atomic E-state index is 12.5. The lowest BCUT2D eigenvalue weighted by Crippen LogP contribution is -2.71. The number of allylic oxidation sites excluding steroid dienone is 4. The number of nitrogens with zero attached hydrogens (tertiary/aromatic N) is 1. The summed E-state index contributed by atoms with van der Waals surface area (Å²) in [6.45, 7) is 5.77. The molecule has 4 aliphatic carbocycles. The summed E-state index contributed by atoms with van der Waals surface area (Å²) >= 11 is 0. The SMILES string of the molecule is C[C@H]1C[C@@]2(N)C3CCC(C(=O)CO)C3(C)CC(N=O)[C@@H]2C2(C)C=CC(=O)C=C12. The van der Waals surface area contributed by atoms with Crippen LogP contribution < -0.4 is 5.73 Å². The molecule has 0 bridgehead atoms. The standard InChI is InChI=1S/C22H30N2O4/c1-12-9-22(23)18-5-4-14(17(27)11-25)21(18,3)10-16(24-28)19(22)20(2)7-6-13(26)8-15(12)20/h6-8,12,14,16,18-19,25H,4-5,9-11,23H2,1-3H3/t12-,14?,16?,18?,19+,20?,21?,22+/m0/s1. The molecule has 152 valence electrons. The van der Waals surface area contributed by atoms with E-state index in [1.54, 1.807) is 12.2 Å². The number of aliphatic hydroxyl groups excluding tert-OH is 1. The van der Waals surface area contributed by atoms with Gasteiger partial charge < -0.3 is 10.8 Å². The normalized spacial score (nSPS) is 49.7. The molecule has 0 heterocycles. The summed E-state index contributed by atoms with van der Waals surface area (Å²) in [6.07, 6.45) is 7.92. The summed E-state index contributed by atoms with van der Waals surface area (Å²) in [6, 6.07) is -0.530. The Bertz CT molecular complexity index is 804. The van der Waals surface area contributed by atoms with Gasteiger partial charge in [-0.1, -0.05) is 37.6 Å². The molecule has 6 nitrogen and oxygen atoms in total. The quantitative estimate of drug-likeness (QED) is 0.724. The zero-order valence-electron chi connectivity index (χ0n) is 16.9. The molecule has 3 saturated carbocycles. The predicted octanol–water partition coefficient (Wildman–Crippen LogP) is 2.54. The first-order valence-corrected chi connectivity index (χ1v) is 10.3. The van der Waals surface area contributed by atoms with Crippen LogP contribution in [0.5, 0.6) is 0 Å². The summed E-state index contributed by atoms with van der Waals surface area (Å²) in [5.41, 5.74) is 6.68. The van der Waals surface area contributed by atoms with Gasteiger partial charge in [0.05, 0.1) is 6.04 Å². The van der Waals surface area contributed by atoms with Crippen LogP contribution in [-0.2, 0) is 9.59 Å². The van der Waals surface area contributed by atoms with Gasteiger partial charge in [0.15, 0.2) is 11.6 Å². The van der Waals surface area contributed by atoms with Gasteiger partial charge in [-0.15, -0.1) is 0 Å². The molecular weight excluding hydrogens is 356 g/mol. The Morgan fingerprint density at radius 2 is 2.04 bits per heavy atom. The molecule has 0 aliphatic heterocycles. The molecule has 8 atom stereocenters. The minimum absolute atomic E-state index is 0.0189. The third-order valence-corrected chi connectivity index (χ3v) is 8.63. The van der Waals surface area contributed by atoms with Crippen molar-refractivity contribution >= 4 is 11.6 Å². The Morgan fingerprint density at radius 1 is 1.32 bits per heavy atom. The highest BCUT2D eigenvalue weighted by molar-refractivity contribution is 6.01. The second-order valence-electron chi connectivity index (χ2n) is 10.0. The fourth-order valence-electron chi connectivity index (χ4n) is 7.82. The summed E-state index contributed by atoms with van der Waals surface area (Å²) in [7, 11) is 0. The molecule has 4 rings (SSSR count). The Balaban J connectivity index is 1.85. The highest BCUT2D eigenvalue weighted by Crippen LogP contribution is 2.68. The van der Waals surface area contributed by atoms with Crippen molar-refractivity contribution in [2.45, 2.75) is 58.0 Å². The number of nitroso groups, excluding NO2 is 1. The number of hydrogen-bond acceptors (Lipinski definition) is 6. The Morgan fingerprint density at radius 3 is 2.68 bits per heavy atom. The van der Waals surface area contributed by atoms with Gasteiger partial charge >= 0.3 is 0 Å². The van der Waals surface area contributed by atoms with Crippen LogP contribution in [0.1, 0.15) is 46.5 Å². The van der Waals surface area contributed by atoms with Crippen molar-refractivity contribution in [2.24, 2.45) is 45.4 Å². The number of hydrogen-bond donors (Lipinski definition) is 2. The van der Waals surface area contributed by atoms with Crippen molar-refractivity contribution in [1.82, 2.24) is 0 Å². The van der Waals surface area contributed by atoms with Gasteiger partial charge in [-0.2, -0.15) is 4.91 Å². The van der Waals surface area contributed by atoms with Crippen LogP contribution in [0.4, 0.5) is 0 Å². The van der Waals surface area contributed by atoms with Crippen molar-refractivity contribution < 1.29 is 14.7 Å². The first kappa shape index (κ1) is 19.6. The van der Waals surface area contributed by atoms with Gasteiger partial charge in [-0.05, 0) is 55.1 Å². The Hall–Kier alpha value is -1.66. The highest BCUT2D eigenvalue weighted by atomic mass is 16.3. The number of carbonyl (C=O) groups excluding carboxylic acids is 2. The number of nitrogens with two attached hydrogens (primary N) is 1. The molecule has 0 spiro atoms. The van der Waals surface area contributed by atoms with E-state index in [0.717, 1.165) is 12.0 Å². The van der Waals surface area contributed by atoms with Gasteiger partial charge in [0.25, 0.3) is 0 Å². The number of aliphatic hydroxyl groups is 1. The van der Waals surface area contributed by atoms with E-state index in [9.17, 15) is 19.6 Å². The average Bonchev–Trinajstić information content (AvgIpc) is 2.99. The molecule has 0 aromatic carbocycles. The zero-order valence-corrected chi connectivity index (χ0v) is 16.9. The van der Waals surface area contributed by atoms with Crippen LogP contribution in [0.15, 0.2) is 29.0 Å². The topological polar surface area (TPSA) is 110 Å². The van der Waals surface area contributed by atoms with E-state index in [0.29, 0.717) is 19.3 Å².